The molecular weight excluding hydrogens is 548 g/mol. The molecule has 41 heavy (non-hydrogen) atoms. The first-order chi connectivity index (χ1) is 19.4. The predicted molar refractivity (Wildman–Crippen MR) is 155 cm³/mol. The summed E-state index contributed by atoms with van der Waals surface area (Å²) in [6.45, 7) is 4.59. The number of carbonyl (C=O) groups is 2. The van der Waals surface area contributed by atoms with E-state index in [1.807, 2.05) is 31.2 Å². The van der Waals surface area contributed by atoms with Gasteiger partial charge < -0.3 is 15.0 Å². The third-order valence-electron chi connectivity index (χ3n) is 6.67. The van der Waals surface area contributed by atoms with E-state index in [0.29, 0.717) is 11.3 Å². The number of anilines is 1. The second-order valence-electron chi connectivity index (χ2n) is 9.46. The zero-order valence-corrected chi connectivity index (χ0v) is 24.5. The molecule has 11 nitrogen and oxygen atoms in total. The topological polar surface area (TPSA) is 139 Å². The molecule has 0 aliphatic heterocycles. The van der Waals surface area contributed by atoms with E-state index in [-0.39, 0.29) is 35.1 Å². The maximum absolute atomic E-state index is 14.0. The summed E-state index contributed by atoms with van der Waals surface area (Å²) >= 11 is 0. The number of carbonyl (C=O) groups excluding carboxylic acids is 2. The molecule has 1 atom stereocenters. The van der Waals surface area contributed by atoms with Crippen LogP contribution in [-0.2, 0) is 26.2 Å². The van der Waals surface area contributed by atoms with Crippen LogP contribution in [0.4, 0.5) is 11.4 Å². The number of likely N-dealkylation sites (N-methyl/N-ethyl adjacent to an activating group) is 1. The highest BCUT2D eigenvalue weighted by molar-refractivity contribution is 7.92. The van der Waals surface area contributed by atoms with Crippen LogP contribution >= 0.6 is 0 Å². The molecule has 0 heterocycles. The Morgan fingerprint density at radius 2 is 1.73 bits per heavy atom. The molecule has 0 aliphatic carbocycles. The molecule has 0 fully saturated rings. The van der Waals surface area contributed by atoms with Crippen molar-refractivity contribution in [2.75, 3.05) is 25.0 Å². The summed E-state index contributed by atoms with van der Waals surface area (Å²) in [5.41, 5.74) is 1.81. The minimum atomic E-state index is -4.47. The van der Waals surface area contributed by atoms with Crippen LogP contribution < -0.4 is 14.4 Å². The number of nitro benzene ring substituents is 1. The van der Waals surface area contributed by atoms with Crippen molar-refractivity contribution in [3.63, 3.8) is 0 Å². The summed E-state index contributed by atoms with van der Waals surface area (Å²) < 4.78 is 34.1. The van der Waals surface area contributed by atoms with Crippen LogP contribution in [0.15, 0.2) is 71.6 Å². The largest absolute Gasteiger partial charge is 0.497 e. The van der Waals surface area contributed by atoms with Crippen LogP contribution in [0.5, 0.6) is 5.75 Å². The minimum Gasteiger partial charge on any atom is -0.497 e. The fourth-order valence-electron chi connectivity index (χ4n) is 4.44. The molecule has 0 saturated carbocycles. The van der Waals surface area contributed by atoms with Crippen molar-refractivity contribution in [3.8, 4) is 5.75 Å². The maximum Gasteiger partial charge on any atom is 0.273 e. The Labute approximate surface area is 239 Å². The van der Waals surface area contributed by atoms with Gasteiger partial charge in [-0.3, -0.25) is 24.0 Å². The molecule has 0 radical (unpaired) electrons. The first-order valence-corrected chi connectivity index (χ1v) is 14.3. The number of methoxy groups -OCH3 is 1. The van der Waals surface area contributed by atoms with Gasteiger partial charge in [0.25, 0.3) is 15.7 Å². The number of rotatable bonds is 12. The van der Waals surface area contributed by atoms with Crippen LogP contribution in [-0.4, -0.2) is 56.8 Å². The van der Waals surface area contributed by atoms with Gasteiger partial charge in [0.15, 0.2) is 0 Å². The second kappa shape index (κ2) is 13.3. The molecule has 3 rings (SSSR count). The third kappa shape index (κ3) is 7.20. The number of amides is 2. The Morgan fingerprint density at radius 3 is 2.29 bits per heavy atom. The van der Waals surface area contributed by atoms with Gasteiger partial charge in [-0.1, -0.05) is 42.8 Å². The Kier molecular flexibility index (Phi) is 10.1. The van der Waals surface area contributed by atoms with E-state index in [2.05, 4.69) is 5.32 Å². The molecule has 0 aliphatic rings. The van der Waals surface area contributed by atoms with Crippen LogP contribution in [0, 0.1) is 24.0 Å². The number of nitro groups is 1. The van der Waals surface area contributed by atoms with Crippen molar-refractivity contribution >= 4 is 33.2 Å². The smallest absolute Gasteiger partial charge is 0.273 e. The standard InChI is InChI=1S/C29H34N4O7S/c1-6-26(29(35)30-4)31(18-22-9-7-8-20(2)16-22)28(34)19-32(23-11-13-24(40-5)14-12-23)41(38,39)25-15-10-21(3)27(17-25)33(36)37/h7-17,26H,6,18-19H2,1-5H3,(H,30,35). The van der Waals surface area contributed by atoms with Gasteiger partial charge in [0.1, 0.15) is 18.3 Å². The van der Waals surface area contributed by atoms with Gasteiger partial charge in [-0.15, -0.1) is 0 Å². The molecule has 2 amide bonds. The molecule has 12 heteroatoms. The van der Waals surface area contributed by atoms with E-state index in [1.54, 1.807) is 19.1 Å². The van der Waals surface area contributed by atoms with Crippen molar-refractivity contribution < 1.29 is 27.7 Å². The number of benzene rings is 3. The first kappa shape index (κ1) is 31.1. The number of ether oxygens (including phenoxy) is 1. The summed E-state index contributed by atoms with van der Waals surface area (Å²) in [7, 11) is -1.54. The van der Waals surface area contributed by atoms with E-state index in [4.69, 9.17) is 4.74 Å². The highest BCUT2D eigenvalue weighted by atomic mass is 32.2. The van der Waals surface area contributed by atoms with Gasteiger partial charge in [0, 0.05) is 25.2 Å². The molecule has 218 valence electrons. The first-order valence-electron chi connectivity index (χ1n) is 12.9. The second-order valence-corrected chi connectivity index (χ2v) is 11.3. The van der Waals surface area contributed by atoms with Crippen LogP contribution in [0.1, 0.15) is 30.0 Å². The molecule has 1 unspecified atom stereocenters. The molecule has 3 aromatic rings. The average molecular weight is 583 g/mol. The lowest BCUT2D eigenvalue weighted by Crippen LogP contribution is -2.51. The van der Waals surface area contributed by atoms with Gasteiger partial charge in [-0.25, -0.2) is 8.42 Å². The number of aryl methyl sites for hydroxylation is 2. The summed E-state index contributed by atoms with van der Waals surface area (Å²) in [6.07, 6.45) is 0.288. The van der Waals surface area contributed by atoms with E-state index >= 15 is 0 Å². The van der Waals surface area contributed by atoms with Gasteiger partial charge >= 0.3 is 0 Å². The number of nitrogens with one attached hydrogen (secondary N) is 1. The zero-order chi connectivity index (χ0) is 30.3. The van der Waals surface area contributed by atoms with E-state index in [9.17, 15) is 28.1 Å². The summed E-state index contributed by atoms with van der Waals surface area (Å²) in [5, 5.41) is 14.1. The fraction of sp³-hybridized carbons (Fsp3) is 0.310. The van der Waals surface area contributed by atoms with Crippen molar-refractivity contribution in [2.24, 2.45) is 0 Å². The van der Waals surface area contributed by atoms with Gasteiger partial charge in [-0.05, 0) is 56.2 Å². The highest BCUT2D eigenvalue weighted by Crippen LogP contribution is 2.29. The van der Waals surface area contributed by atoms with Crippen LogP contribution in [0.2, 0.25) is 0 Å². The molecule has 0 spiro atoms. The third-order valence-corrected chi connectivity index (χ3v) is 8.44. The summed E-state index contributed by atoms with van der Waals surface area (Å²) in [6, 6.07) is 16.2. The monoisotopic (exact) mass is 582 g/mol. The predicted octanol–water partition coefficient (Wildman–Crippen LogP) is 3.97. The summed E-state index contributed by atoms with van der Waals surface area (Å²) in [5.74, 6) is -0.542. The highest BCUT2D eigenvalue weighted by Gasteiger charge is 2.34. The van der Waals surface area contributed by atoms with E-state index < -0.39 is 33.4 Å². The molecule has 0 aromatic heterocycles. The lowest BCUT2D eigenvalue weighted by Gasteiger charge is -2.33. The van der Waals surface area contributed by atoms with Crippen molar-refractivity contribution in [3.05, 3.63) is 93.5 Å². The zero-order valence-electron chi connectivity index (χ0n) is 23.7. The number of hydrogen-bond donors (Lipinski definition) is 1. The molecule has 0 saturated heterocycles. The van der Waals surface area contributed by atoms with Gasteiger partial charge in [0.2, 0.25) is 11.8 Å². The van der Waals surface area contributed by atoms with E-state index in [0.717, 1.165) is 21.5 Å². The lowest BCUT2D eigenvalue weighted by molar-refractivity contribution is -0.385. The average Bonchev–Trinajstić information content (AvgIpc) is 2.95. The minimum absolute atomic E-state index is 0.0684. The summed E-state index contributed by atoms with van der Waals surface area (Å²) in [4.78, 5) is 38.7. The normalized spacial score (nSPS) is 11.8. The number of sulfonamides is 1. The Balaban J connectivity index is 2.12. The maximum atomic E-state index is 14.0. The molecule has 0 bridgehead atoms. The van der Waals surface area contributed by atoms with Crippen molar-refractivity contribution in [1.82, 2.24) is 10.2 Å². The number of nitrogens with zero attached hydrogens (tertiary/aromatic N) is 3. The van der Waals surface area contributed by atoms with E-state index in [1.165, 1.54) is 50.2 Å². The van der Waals surface area contributed by atoms with Gasteiger partial charge in [-0.2, -0.15) is 0 Å². The Bertz CT molecular complexity index is 1520. The van der Waals surface area contributed by atoms with Crippen LogP contribution in [0.25, 0.3) is 0 Å². The Morgan fingerprint density at radius 1 is 1.05 bits per heavy atom. The van der Waals surface area contributed by atoms with Crippen molar-refractivity contribution in [2.45, 2.75) is 44.7 Å². The molecule has 3 aromatic carbocycles. The molecular formula is C29H34N4O7S. The van der Waals surface area contributed by atoms with Gasteiger partial charge in [0.05, 0.1) is 22.6 Å². The fourth-order valence-corrected chi connectivity index (χ4v) is 5.88. The lowest BCUT2D eigenvalue weighted by atomic mass is 10.1. The molecule has 1 N–H and O–H groups in total. The Hall–Kier alpha value is -4.45. The number of hydrogen-bond acceptors (Lipinski definition) is 7. The SMILES string of the molecule is CCC(C(=O)NC)N(Cc1cccc(C)c1)C(=O)CN(c1ccc(OC)cc1)S(=O)(=O)c1ccc(C)c([N+](=O)[O-])c1. The van der Waals surface area contributed by atoms with Crippen LogP contribution in [0.3, 0.4) is 0 Å². The van der Waals surface area contributed by atoms with Crippen molar-refractivity contribution in [1.29, 1.82) is 0 Å². The quantitative estimate of drug-likeness (QED) is 0.252.